The number of hydrogen-bond donors (Lipinski definition) is 1. The van der Waals surface area contributed by atoms with E-state index in [-0.39, 0.29) is 10.8 Å². The lowest BCUT2D eigenvalue weighted by atomic mass is 10.1. The van der Waals surface area contributed by atoms with Gasteiger partial charge in [0.1, 0.15) is 10.6 Å². The van der Waals surface area contributed by atoms with E-state index in [9.17, 15) is 18.0 Å². The summed E-state index contributed by atoms with van der Waals surface area (Å²) < 4.78 is 34.0. The summed E-state index contributed by atoms with van der Waals surface area (Å²) in [5.41, 5.74) is 2.22. The lowest BCUT2D eigenvalue weighted by Crippen LogP contribution is -2.51. The Morgan fingerprint density at radius 1 is 0.842 bits per heavy atom. The molecule has 2 heterocycles. The Bertz CT molecular complexity index is 1570. The van der Waals surface area contributed by atoms with Crippen molar-refractivity contribution in [3.05, 3.63) is 96.2 Å². The number of benzene rings is 3. The van der Waals surface area contributed by atoms with E-state index in [2.05, 4.69) is 9.71 Å². The number of pyridine rings is 1. The van der Waals surface area contributed by atoms with Gasteiger partial charge in [-0.1, -0.05) is 35.9 Å². The molecule has 9 nitrogen and oxygen atoms in total. The van der Waals surface area contributed by atoms with Crippen LogP contribution in [0.25, 0.3) is 10.9 Å². The minimum Gasteiger partial charge on any atom is -0.410 e. The number of amides is 2. The third kappa shape index (κ3) is 5.45. The Balaban J connectivity index is 1.19. The van der Waals surface area contributed by atoms with Gasteiger partial charge in [-0.2, -0.15) is 0 Å². The zero-order valence-corrected chi connectivity index (χ0v) is 21.5. The number of nitrogens with zero attached hydrogens (tertiary/aromatic N) is 3. The van der Waals surface area contributed by atoms with Gasteiger partial charge in [0.25, 0.3) is 15.9 Å². The van der Waals surface area contributed by atoms with Crippen molar-refractivity contribution in [3.8, 4) is 5.75 Å². The van der Waals surface area contributed by atoms with Crippen molar-refractivity contribution in [1.29, 1.82) is 0 Å². The van der Waals surface area contributed by atoms with E-state index >= 15 is 0 Å². The van der Waals surface area contributed by atoms with Crippen LogP contribution >= 0.6 is 0 Å². The molecule has 10 heteroatoms. The van der Waals surface area contributed by atoms with Gasteiger partial charge in [-0.15, -0.1) is 0 Å². The third-order valence-electron chi connectivity index (χ3n) is 6.32. The Kier molecular flexibility index (Phi) is 6.97. The summed E-state index contributed by atoms with van der Waals surface area (Å²) in [4.78, 5) is 33.0. The first kappa shape index (κ1) is 25.2. The van der Waals surface area contributed by atoms with Gasteiger partial charge < -0.3 is 14.5 Å². The molecule has 0 bridgehead atoms. The van der Waals surface area contributed by atoms with Crippen LogP contribution in [0.4, 0.5) is 10.5 Å². The highest BCUT2D eigenvalue weighted by Crippen LogP contribution is 2.24. The summed E-state index contributed by atoms with van der Waals surface area (Å²) in [6.45, 7) is 3.40. The summed E-state index contributed by atoms with van der Waals surface area (Å²) >= 11 is 0. The molecule has 4 aromatic rings. The normalized spacial score (nSPS) is 13.8. The van der Waals surface area contributed by atoms with Gasteiger partial charge >= 0.3 is 6.09 Å². The number of piperazine rings is 1. The van der Waals surface area contributed by atoms with Gasteiger partial charge in [-0.3, -0.25) is 14.5 Å². The Morgan fingerprint density at radius 2 is 1.50 bits per heavy atom. The minimum absolute atomic E-state index is 0.0783. The number of carbonyl (C=O) groups excluding carboxylic acids is 2. The van der Waals surface area contributed by atoms with Crippen molar-refractivity contribution in [1.82, 2.24) is 14.8 Å². The maximum Gasteiger partial charge on any atom is 0.415 e. The second kappa shape index (κ2) is 10.5. The first-order valence-electron chi connectivity index (χ1n) is 12.1. The molecular weight excluding hydrogens is 504 g/mol. The van der Waals surface area contributed by atoms with Crippen molar-refractivity contribution in [2.75, 3.05) is 30.9 Å². The van der Waals surface area contributed by atoms with Crippen molar-refractivity contribution >= 4 is 38.6 Å². The molecule has 0 radical (unpaired) electrons. The predicted molar refractivity (Wildman–Crippen MR) is 144 cm³/mol. The van der Waals surface area contributed by atoms with Gasteiger partial charge in [0.05, 0.1) is 5.52 Å². The number of rotatable bonds is 5. The highest BCUT2D eigenvalue weighted by atomic mass is 32.2. The molecular formula is C28H26N4O5S. The summed E-state index contributed by atoms with van der Waals surface area (Å²) in [7, 11) is -3.89. The zero-order chi connectivity index (χ0) is 26.7. The molecule has 1 N–H and O–H groups in total. The molecule has 0 atom stereocenters. The van der Waals surface area contributed by atoms with E-state index in [1.165, 1.54) is 6.07 Å². The van der Waals surface area contributed by atoms with Crippen molar-refractivity contribution in [2.24, 2.45) is 0 Å². The second-order valence-electron chi connectivity index (χ2n) is 8.97. The molecule has 0 saturated carbocycles. The Labute approximate surface area is 220 Å². The van der Waals surface area contributed by atoms with Crippen LogP contribution in [-0.2, 0) is 10.0 Å². The van der Waals surface area contributed by atoms with Gasteiger partial charge in [0.2, 0.25) is 0 Å². The van der Waals surface area contributed by atoms with E-state index in [0.717, 1.165) is 10.9 Å². The number of aromatic nitrogens is 1. The molecule has 194 valence electrons. The molecule has 1 aliphatic heterocycles. The van der Waals surface area contributed by atoms with E-state index in [1.807, 2.05) is 19.1 Å². The number of hydrogen-bond acceptors (Lipinski definition) is 6. The number of aryl methyl sites for hydroxylation is 1. The SMILES string of the molecule is Cc1ccc(OC(=O)N2CCN(C(=O)c3ccc(NS(=O)(=O)c4cccc5cccnc45)cc3)CC2)cc1. The van der Waals surface area contributed by atoms with Crippen LogP contribution in [-0.4, -0.2) is 61.4 Å². The number of fused-ring (bicyclic) bond motifs is 1. The Morgan fingerprint density at radius 3 is 2.21 bits per heavy atom. The fourth-order valence-electron chi connectivity index (χ4n) is 4.23. The molecule has 1 fully saturated rings. The lowest BCUT2D eigenvalue weighted by Gasteiger charge is -2.34. The average Bonchev–Trinajstić information content (AvgIpc) is 2.94. The third-order valence-corrected chi connectivity index (χ3v) is 7.73. The summed E-state index contributed by atoms with van der Waals surface area (Å²) in [6.07, 6.45) is 1.10. The topological polar surface area (TPSA) is 109 Å². The maximum absolute atomic E-state index is 13.0. The molecule has 0 unspecified atom stereocenters. The minimum atomic E-state index is -3.89. The molecule has 3 aromatic carbocycles. The predicted octanol–water partition coefficient (Wildman–Crippen LogP) is 4.30. The van der Waals surface area contributed by atoms with Crippen molar-refractivity contribution in [3.63, 3.8) is 0 Å². The maximum atomic E-state index is 13.0. The number of carbonyl (C=O) groups is 2. The van der Waals surface area contributed by atoms with Crippen LogP contribution in [0.1, 0.15) is 15.9 Å². The summed E-state index contributed by atoms with van der Waals surface area (Å²) in [5, 5.41) is 0.722. The smallest absolute Gasteiger partial charge is 0.410 e. The van der Waals surface area contributed by atoms with E-state index in [1.54, 1.807) is 76.7 Å². The van der Waals surface area contributed by atoms with Gasteiger partial charge in [-0.25, -0.2) is 13.2 Å². The van der Waals surface area contributed by atoms with Gasteiger partial charge in [0, 0.05) is 49.0 Å². The molecule has 1 saturated heterocycles. The first-order valence-corrected chi connectivity index (χ1v) is 13.6. The zero-order valence-electron chi connectivity index (χ0n) is 20.7. The van der Waals surface area contributed by atoms with Gasteiger partial charge in [-0.05, 0) is 55.5 Å². The van der Waals surface area contributed by atoms with E-state index in [0.29, 0.717) is 48.7 Å². The number of sulfonamides is 1. The molecule has 38 heavy (non-hydrogen) atoms. The number of para-hydroxylation sites is 1. The highest BCUT2D eigenvalue weighted by Gasteiger charge is 2.26. The van der Waals surface area contributed by atoms with Crippen LogP contribution in [0.15, 0.2) is 90.0 Å². The lowest BCUT2D eigenvalue weighted by molar-refractivity contribution is 0.0633. The molecule has 1 aromatic heterocycles. The van der Waals surface area contributed by atoms with Crippen molar-refractivity contribution in [2.45, 2.75) is 11.8 Å². The second-order valence-corrected chi connectivity index (χ2v) is 10.6. The average molecular weight is 531 g/mol. The van der Waals surface area contributed by atoms with Crippen molar-refractivity contribution < 1.29 is 22.7 Å². The van der Waals surface area contributed by atoms with Crippen LogP contribution in [0.2, 0.25) is 0 Å². The molecule has 0 spiro atoms. The summed E-state index contributed by atoms with van der Waals surface area (Å²) in [5.74, 6) is 0.288. The van der Waals surface area contributed by atoms with Crippen LogP contribution in [0.3, 0.4) is 0 Å². The van der Waals surface area contributed by atoms with Crippen LogP contribution in [0, 0.1) is 6.92 Å². The number of nitrogens with one attached hydrogen (secondary N) is 1. The molecule has 0 aliphatic carbocycles. The quantitative estimate of drug-likeness (QED) is 0.412. The standard InChI is InChI=1S/C28H26N4O5S/c1-20-7-13-24(14-8-20)37-28(34)32-18-16-31(17-19-32)27(33)22-9-11-23(12-10-22)30-38(35,36)25-6-2-4-21-5-3-15-29-26(21)25/h2-15,30H,16-19H2,1H3. The summed E-state index contributed by atoms with van der Waals surface area (Å²) in [6, 6.07) is 22.0. The van der Waals surface area contributed by atoms with E-state index in [4.69, 9.17) is 4.74 Å². The molecule has 5 rings (SSSR count). The number of anilines is 1. The monoisotopic (exact) mass is 530 g/mol. The molecule has 2 amide bonds. The fraction of sp³-hybridized carbons (Fsp3) is 0.179. The van der Waals surface area contributed by atoms with Gasteiger partial charge in [0.15, 0.2) is 0 Å². The fourth-order valence-corrected chi connectivity index (χ4v) is 5.47. The highest BCUT2D eigenvalue weighted by molar-refractivity contribution is 7.93. The first-order chi connectivity index (χ1) is 18.3. The largest absolute Gasteiger partial charge is 0.415 e. The van der Waals surface area contributed by atoms with Crippen LogP contribution in [0.5, 0.6) is 5.75 Å². The molecule has 1 aliphatic rings. The van der Waals surface area contributed by atoms with E-state index < -0.39 is 16.1 Å². The Hall–Kier alpha value is -4.44. The number of ether oxygens (including phenoxy) is 1. The van der Waals surface area contributed by atoms with Crippen LogP contribution < -0.4 is 9.46 Å².